The molecule has 136 valence electrons. The molecule has 0 heterocycles. The van der Waals surface area contributed by atoms with Crippen molar-refractivity contribution in [3.05, 3.63) is 71.9 Å². The predicted molar refractivity (Wildman–Crippen MR) is 105 cm³/mol. The molecule has 1 amide bonds. The van der Waals surface area contributed by atoms with Crippen LogP contribution in [0.2, 0.25) is 0 Å². The molecule has 0 spiro atoms. The molecule has 0 bridgehead atoms. The van der Waals surface area contributed by atoms with E-state index in [4.69, 9.17) is 10.5 Å². The van der Waals surface area contributed by atoms with Crippen LogP contribution in [0.3, 0.4) is 0 Å². The average molecular weight is 350 g/mol. The molecule has 0 aliphatic heterocycles. The average Bonchev–Trinajstić information content (AvgIpc) is 2.97. The molecule has 1 atom stereocenters. The Morgan fingerprint density at radius 3 is 2.27 bits per heavy atom. The minimum Gasteiger partial charge on any atom is -0.449 e. The standard InChI is InChI=1S/C22H26N2O2/c1-3-4-13-21(15(2)23)24-22(25)26-14-20-18-11-7-5-9-16(18)17-10-6-8-12-19(17)20/h5-12,20-21H,2-4,13-14,23H2,1H3,(H,24,25). The summed E-state index contributed by atoms with van der Waals surface area (Å²) in [6, 6.07) is 16.3. The summed E-state index contributed by atoms with van der Waals surface area (Å²) in [7, 11) is 0. The van der Waals surface area contributed by atoms with E-state index < -0.39 is 6.09 Å². The molecule has 0 aromatic heterocycles. The number of amides is 1. The van der Waals surface area contributed by atoms with Crippen molar-refractivity contribution in [3.8, 4) is 11.1 Å². The van der Waals surface area contributed by atoms with Gasteiger partial charge in [0.1, 0.15) is 6.61 Å². The number of unbranched alkanes of at least 4 members (excludes halogenated alkanes) is 1. The van der Waals surface area contributed by atoms with Crippen LogP contribution >= 0.6 is 0 Å². The third-order valence-electron chi connectivity index (χ3n) is 4.93. The number of nitrogens with one attached hydrogen (secondary N) is 1. The fraction of sp³-hybridized carbons (Fsp3) is 0.318. The van der Waals surface area contributed by atoms with Crippen molar-refractivity contribution in [2.24, 2.45) is 5.73 Å². The van der Waals surface area contributed by atoms with Crippen molar-refractivity contribution in [3.63, 3.8) is 0 Å². The summed E-state index contributed by atoms with van der Waals surface area (Å²) in [5.41, 5.74) is 11.1. The van der Waals surface area contributed by atoms with Gasteiger partial charge in [-0.15, -0.1) is 0 Å². The highest BCUT2D eigenvalue weighted by atomic mass is 16.5. The molecule has 2 aromatic carbocycles. The largest absolute Gasteiger partial charge is 0.449 e. The molecule has 3 rings (SSSR count). The molecule has 1 aliphatic rings. The van der Waals surface area contributed by atoms with E-state index in [0.29, 0.717) is 12.3 Å². The first-order chi connectivity index (χ1) is 12.6. The summed E-state index contributed by atoms with van der Waals surface area (Å²) >= 11 is 0. The third-order valence-corrected chi connectivity index (χ3v) is 4.93. The van der Waals surface area contributed by atoms with E-state index in [0.717, 1.165) is 19.3 Å². The number of carbonyl (C=O) groups is 1. The molecule has 3 N–H and O–H groups in total. The first-order valence-electron chi connectivity index (χ1n) is 9.17. The van der Waals surface area contributed by atoms with Gasteiger partial charge < -0.3 is 15.8 Å². The number of carbonyl (C=O) groups excluding carboxylic acids is 1. The Bertz CT molecular complexity index is 755. The van der Waals surface area contributed by atoms with Gasteiger partial charge in [0.05, 0.1) is 6.04 Å². The highest BCUT2D eigenvalue weighted by Crippen LogP contribution is 2.44. The lowest BCUT2D eigenvalue weighted by Crippen LogP contribution is -2.39. The first-order valence-corrected chi connectivity index (χ1v) is 9.17. The van der Waals surface area contributed by atoms with Crippen LogP contribution in [0.25, 0.3) is 11.1 Å². The predicted octanol–water partition coefficient (Wildman–Crippen LogP) is 4.56. The summed E-state index contributed by atoms with van der Waals surface area (Å²) in [5, 5.41) is 2.84. The number of alkyl carbamates (subject to hydrolysis) is 1. The maximum absolute atomic E-state index is 12.3. The van der Waals surface area contributed by atoms with Crippen molar-refractivity contribution in [2.45, 2.75) is 38.1 Å². The maximum atomic E-state index is 12.3. The minimum atomic E-state index is -0.445. The SMILES string of the molecule is C=C(N)C(CCCC)NC(=O)OCC1c2ccccc2-c2ccccc21. The van der Waals surface area contributed by atoms with Gasteiger partial charge in [-0.25, -0.2) is 4.79 Å². The number of nitrogens with two attached hydrogens (primary N) is 1. The molecule has 4 nitrogen and oxygen atoms in total. The smallest absolute Gasteiger partial charge is 0.407 e. The van der Waals surface area contributed by atoms with Gasteiger partial charge in [-0.2, -0.15) is 0 Å². The molecule has 4 heteroatoms. The second kappa shape index (κ2) is 8.09. The van der Waals surface area contributed by atoms with E-state index in [-0.39, 0.29) is 12.0 Å². The Morgan fingerprint density at radius 2 is 1.73 bits per heavy atom. The van der Waals surface area contributed by atoms with E-state index in [1.165, 1.54) is 22.3 Å². The Labute approximate surface area is 155 Å². The monoisotopic (exact) mass is 350 g/mol. The van der Waals surface area contributed by atoms with E-state index in [2.05, 4.69) is 43.1 Å². The van der Waals surface area contributed by atoms with Crippen LogP contribution < -0.4 is 11.1 Å². The number of hydrogen-bond acceptors (Lipinski definition) is 3. The number of ether oxygens (including phenoxy) is 1. The minimum absolute atomic E-state index is 0.0586. The first kappa shape index (κ1) is 18.1. The number of rotatable bonds is 7. The number of benzene rings is 2. The molecule has 0 saturated carbocycles. The van der Waals surface area contributed by atoms with E-state index in [1.54, 1.807) is 0 Å². The Morgan fingerprint density at radius 1 is 1.15 bits per heavy atom. The van der Waals surface area contributed by atoms with Gasteiger partial charge in [0.2, 0.25) is 0 Å². The van der Waals surface area contributed by atoms with Crippen molar-refractivity contribution < 1.29 is 9.53 Å². The molecule has 2 aromatic rings. The van der Waals surface area contributed by atoms with Gasteiger partial charge in [0, 0.05) is 11.6 Å². The summed E-state index contributed by atoms with van der Waals surface area (Å²) in [6.07, 6.45) is 2.34. The summed E-state index contributed by atoms with van der Waals surface area (Å²) < 4.78 is 5.55. The molecular weight excluding hydrogens is 324 g/mol. The van der Waals surface area contributed by atoms with Crippen molar-refractivity contribution >= 4 is 6.09 Å². The van der Waals surface area contributed by atoms with Crippen LogP contribution in [0.15, 0.2) is 60.8 Å². The van der Waals surface area contributed by atoms with E-state index in [1.807, 2.05) is 24.3 Å². The van der Waals surface area contributed by atoms with Crippen LogP contribution in [-0.2, 0) is 4.74 Å². The van der Waals surface area contributed by atoms with Crippen LogP contribution in [-0.4, -0.2) is 18.7 Å². The molecule has 0 fully saturated rings. The van der Waals surface area contributed by atoms with Gasteiger partial charge in [0.15, 0.2) is 0 Å². The number of fused-ring (bicyclic) bond motifs is 3. The van der Waals surface area contributed by atoms with Crippen LogP contribution in [0.4, 0.5) is 4.79 Å². The topological polar surface area (TPSA) is 64.3 Å². The lowest BCUT2D eigenvalue weighted by atomic mass is 9.98. The summed E-state index contributed by atoms with van der Waals surface area (Å²) in [4.78, 5) is 12.3. The molecular formula is C22H26N2O2. The van der Waals surface area contributed by atoms with E-state index >= 15 is 0 Å². The van der Waals surface area contributed by atoms with E-state index in [9.17, 15) is 4.79 Å². The van der Waals surface area contributed by atoms with Gasteiger partial charge in [-0.3, -0.25) is 0 Å². The second-order valence-corrected chi connectivity index (χ2v) is 6.74. The maximum Gasteiger partial charge on any atom is 0.407 e. The molecule has 0 saturated heterocycles. The van der Waals surface area contributed by atoms with Crippen molar-refractivity contribution in [1.29, 1.82) is 0 Å². The quantitative estimate of drug-likeness (QED) is 0.769. The Kier molecular flexibility index (Phi) is 5.61. The fourth-order valence-corrected chi connectivity index (χ4v) is 3.54. The highest BCUT2D eigenvalue weighted by Gasteiger charge is 2.29. The molecule has 1 unspecified atom stereocenters. The van der Waals surface area contributed by atoms with Gasteiger partial charge in [-0.1, -0.05) is 74.9 Å². The molecule has 26 heavy (non-hydrogen) atoms. The zero-order valence-electron chi connectivity index (χ0n) is 15.2. The van der Waals surface area contributed by atoms with Gasteiger partial charge in [-0.05, 0) is 28.7 Å². The second-order valence-electron chi connectivity index (χ2n) is 6.74. The lowest BCUT2D eigenvalue weighted by Gasteiger charge is -2.19. The summed E-state index contributed by atoms with van der Waals surface area (Å²) in [6.45, 7) is 6.17. The van der Waals surface area contributed by atoms with Crippen LogP contribution in [0, 0.1) is 0 Å². The zero-order chi connectivity index (χ0) is 18.5. The Hall–Kier alpha value is -2.75. The normalized spacial score (nSPS) is 13.6. The highest BCUT2D eigenvalue weighted by molar-refractivity contribution is 5.79. The van der Waals surface area contributed by atoms with Gasteiger partial charge in [0.25, 0.3) is 0 Å². The van der Waals surface area contributed by atoms with Crippen molar-refractivity contribution in [2.75, 3.05) is 6.61 Å². The zero-order valence-corrected chi connectivity index (χ0v) is 15.2. The lowest BCUT2D eigenvalue weighted by molar-refractivity contribution is 0.140. The molecule has 1 aliphatic carbocycles. The molecule has 0 radical (unpaired) electrons. The number of hydrogen-bond donors (Lipinski definition) is 2. The van der Waals surface area contributed by atoms with Crippen LogP contribution in [0.1, 0.15) is 43.2 Å². The van der Waals surface area contributed by atoms with Gasteiger partial charge >= 0.3 is 6.09 Å². The third kappa shape index (κ3) is 3.74. The Balaban J connectivity index is 1.68. The van der Waals surface area contributed by atoms with Crippen LogP contribution in [0.5, 0.6) is 0 Å². The summed E-state index contributed by atoms with van der Waals surface area (Å²) in [5.74, 6) is 0.0586. The van der Waals surface area contributed by atoms with Crippen molar-refractivity contribution in [1.82, 2.24) is 5.32 Å². The fourth-order valence-electron chi connectivity index (χ4n) is 3.54.